The van der Waals surface area contributed by atoms with Crippen molar-refractivity contribution in [3.8, 4) is 0 Å². The molecule has 0 aromatic rings. The van der Waals surface area contributed by atoms with Crippen LogP contribution < -0.4 is 5.32 Å². The number of nitrogens with one attached hydrogen (secondary N) is 1. The van der Waals surface area contributed by atoms with Crippen molar-refractivity contribution in [3.63, 3.8) is 0 Å². The first-order valence-electron chi connectivity index (χ1n) is 8.62. The standard InChI is InChI=1S/C16H26N4O4/c17-20-18-10-7-5-3-1-2-4-6-8-13(21)12-15(22)19-14-9-11-24-16(14)23/h14H,1-12H2,(H,19,22)/t14-/m1/s1. The Morgan fingerprint density at radius 3 is 2.46 bits per heavy atom. The van der Waals surface area contributed by atoms with Crippen LogP contribution in [0.25, 0.3) is 10.4 Å². The second kappa shape index (κ2) is 12.4. The van der Waals surface area contributed by atoms with Crippen molar-refractivity contribution in [2.24, 2.45) is 5.11 Å². The zero-order valence-electron chi connectivity index (χ0n) is 14.0. The molecule has 0 radical (unpaired) electrons. The third-order valence-electron chi connectivity index (χ3n) is 3.91. The van der Waals surface area contributed by atoms with Crippen molar-refractivity contribution in [2.75, 3.05) is 13.2 Å². The Hall–Kier alpha value is -2.08. The summed E-state index contributed by atoms with van der Waals surface area (Å²) in [5.41, 5.74) is 8.13. The van der Waals surface area contributed by atoms with Gasteiger partial charge in [0.15, 0.2) is 0 Å². The minimum atomic E-state index is -0.593. The second-order valence-corrected chi connectivity index (χ2v) is 5.97. The molecule has 1 fully saturated rings. The fourth-order valence-corrected chi connectivity index (χ4v) is 2.57. The van der Waals surface area contributed by atoms with Gasteiger partial charge in [-0.2, -0.15) is 0 Å². The molecular formula is C16H26N4O4. The molecule has 0 aliphatic carbocycles. The molecular weight excluding hydrogens is 312 g/mol. The summed E-state index contributed by atoms with van der Waals surface area (Å²) in [4.78, 5) is 37.3. The van der Waals surface area contributed by atoms with Gasteiger partial charge < -0.3 is 10.1 Å². The van der Waals surface area contributed by atoms with E-state index in [2.05, 4.69) is 15.3 Å². The normalized spacial score (nSPS) is 16.3. The van der Waals surface area contributed by atoms with Crippen LogP contribution >= 0.6 is 0 Å². The molecule has 1 rings (SSSR count). The Morgan fingerprint density at radius 2 is 1.83 bits per heavy atom. The Morgan fingerprint density at radius 1 is 1.17 bits per heavy atom. The van der Waals surface area contributed by atoms with Crippen molar-refractivity contribution in [2.45, 2.75) is 70.3 Å². The summed E-state index contributed by atoms with van der Waals surface area (Å²) in [5, 5.41) is 6.02. The lowest BCUT2D eigenvalue weighted by molar-refractivity contribution is -0.142. The Bertz CT molecular complexity index is 475. The van der Waals surface area contributed by atoms with Crippen molar-refractivity contribution in [3.05, 3.63) is 10.4 Å². The van der Waals surface area contributed by atoms with Crippen molar-refractivity contribution in [1.82, 2.24) is 5.32 Å². The summed E-state index contributed by atoms with van der Waals surface area (Å²) >= 11 is 0. The van der Waals surface area contributed by atoms with Gasteiger partial charge in [-0.25, -0.2) is 4.79 Å². The Kier molecular flexibility index (Phi) is 10.3. The van der Waals surface area contributed by atoms with Gasteiger partial charge in [0.1, 0.15) is 11.8 Å². The van der Waals surface area contributed by atoms with Crippen LogP contribution in [0, 0.1) is 0 Å². The average molecular weight is 338 g/mol. The van der Waals surface area contributed by atoms with Gasteiger partial charge in [0, 0.05) is 24.3 Å². The molecule has 8 heteroatoms. The third kappa shape index (κ3) is 9.15. The molecule has 0 spiro atoms. The van der Waals surface area contributed by atoms with Crippen LogP contribution in [0.15, 0.2) is 5.11 Å². The number of cyclic esters (lactones) is 1. The van der Waals surface area contributed by atoms with Gasteiger partial charge in [-0.15, -0.1) is 0 Å². The summed E-state index contributed by atoms with van der Waals surface area (Å²) in [6, 6.07) is -0.593. The molecule has 134 valence electrons. The van der Waals surface area contributed by atoms with Gasteiger partial charge in [-0.1, -0.05) is 37.2 Å². The van der Waals surface area contributed by atoms with E-state index in [9.17, 15) is 14.4 Å². The van der Waals surface area contributed by atoms with Gasteiger partial charge in [-0.05, 0) is 18.4 Å². The molecule has 0 aromatic carbocycles. The summed E-state index contributed by atoms with van der Waals surface area (Å²) in [7, 11) is 0. The average Bonchev–Trinajstić information content (AvgIpc) is 2.94. The first-order chi connectivity index (χ1) is 11.6. The molecule has 1 heterocycles. The van der Waals surface area contributed by atoms with Gasteiger partial charge in [0.2, 0.25) is 5.91 Å². The van der Waals surface area contributed by atoms with Crippen LogP contribution in [0.5, 0.6) is 0 Å². The van der Waals surface area contributed by atoms with Crippen LogP contribution in [0.4, 0.5) is 0 Å². The van der Waals surface area contributed by atoms with E-state index < -0.39 is 17.9 Å². The number of hydrogen-bond acceptors (Lipinski definition) is 5. The van der Waals surface area contributed by atoms with E-state index in [-0.39, 0.29) is 12.2 Å². The first kappa shape index (κ1) is 20.0. The Balaban J connectivity index is 1.95. The molecule has 0 unspecified atom stereocenters. The molecule has 1 atom stereocenters. The maximum atomic E-state index is 11.7. The van der Waals surface area contributed by atoms with Crippen molar-refractivity contribution < 1.29 is 19.1 Å². The quantitative estimate of drug-likeness (QED) is 0.138. The largest absolute Gasteiger partial charge is 0.464 e. The maximum Gasteiger partial charge on any atom is 0.328 e. The van der Waals surface area contributed by atoms with E-state index in [1.165, 1.54) is 0 Å². The zero-order chi connectivity index (χ0) is 17.6. The number of carbonyl (C=O) groups is 3. The van der Waals surface area contributed by atoms with Crippen LogP contribution in [0.3, 0.4) is 0 Å². The van der Waals surface area contributed by atoms with E-state index in [0.29, 0.717) is 26.0 Å². The highest BCUT2D eigenvalue weighted by Crippen LogP contribution is 2.10. The molecule has 1 N–H and O–H groups in total. The lowest BCUT2D eigenvalue weighted by atomic mass is 10.1. The molecule has 24 heavy (non-hydrogen) atoms. The van der Waals surface area contributed by atoms with E-state index in [0.717, 1.165) is 44.9 Å². The summed E-state index contributed by atoms with van der Waals surface area (Å²) in [6.45, 7) is 0.884. The highest BCUT2D eigenvalue weighted by molar-refractivity contribution is 5.99. The van der Waals surface area contributed by atoms with Crippen LogP contribution in [-0.2, 0) is 19.1 Å². The molecule has 1 aliphatic rings. The molecule has 0 saturated carbocycles. The molecule has 0 bridgehead atoms. The number of nitrogens with zero attached hydrogens (tertiary/aromatic N) is 3. The number of ether oxygens (including phenoxy) is 1. The van der Waals surface area contributed by atoms with E-state index in [4.69, 9.17) is 10.3 Å². The number of azide groups is 1. The number of unbranched alkanes of at least 4 members (excludes halogenated alkanes) is 6. The van der Waals surface area contributed by atoms with Gasteiger partial charge in [0.25, 0.3) is 0 Å². The van der Waals surface area contributed by atoms with Crippen molar-refractivity contribution >= 4 is 17.7 Å². The SMILES string of the molecule is [N-]=[N+]=NCCCCCCCCCC(=O)CC(=O)N[C@@H]1CCOC1=O. The number of Topliss-reactive ketones (excluding diaryl/α,β-unsaturated/α-hetero) is 1. The molecule has 0 aromatic heterocycles. The van der Waals surface area contributed by atoms with E-state index >= 15 is 0 Å². The predicted molar refractivity (Wildman–Crippen MR) is 88.1 cm³/mol. The third-order valence-corrected chi connectivity index (χ3v) is 3.91. The smallest absolute Gasteiger partial charge is 0.328 e. The second-order valence-electron chi connectivity index (χ2n) is 5.97. The van der Waals surface area contributed by atoms with Gasteiger partial charge >= 0.3 is 5.97 Å². The Labute approximate surface area is 141 Å². The first-order valence-corrected chi connectivity index (χ1v) is 8.62. The van der Waals surface area contributed by atoms with Crippen molar-refractivity contribution in [1.29, 1.82) is 0 Å². The number of amides is 1. The topological polar surface area (TPSA) is 121 Å². The fraction of sp³-hybridized carbons (Fsp3) is 0.812. The van der Waals surface area contributed by atoms with Crippen LogP contribution in [0.1, 0.15) is 64.2 Å². The molecule has 1 aliphatic heterocycles. The minimum absolute atomic E-state index is 0.0896. The number of ketones is 1. The number of hydrogen-bond donors (Lipinski definition) is 1. The van der Waals surface area contributed by atoms with Gasteiger partial charge in [-0.3, -0.25) is 9.59 Å². The van der Waals surface area contributed by atoms with E-state index in [1.807, 2.05) is 0 Å². The maximum absolute atomic E-state index is 11.7. The minimum Gasteiger partial charge on any atom is -0.464 e. The monoisotopic (exact) mass is 338 g/mol. The zero-order valence-corrected chi connectivity index (χ0v) is 14.0. The fourth-order valence-electron chi connectivity index (χ4n) is 2.57. The molecule has 8 nitrogen and oxygen atoms in total. The lowest BCUT2D eigenvalue weighted by Gasteiger charge is -2.08. The number of rotatable bonds is 13. The molecule has 1 saturated heterocycles. The van der Waals surface area contributed by atoms with E-state index in [1.54, 1.807) is 0 Å². The number of esters is 1. The highest BCUT2D eigenvalue weighted by Gasteiger charge is 2.28. The lowest BCUT2D eigenvalue weighted by Crippen LogP contribution is -2.38. The summed E-state index contributed by atoms with van der Waals surface area (Å²) in [6.07, 6.45) is 7.73. The molecule has 1 amide bonds. The van der Waals surface area contributed by atoms with Crippen LogP contribution in [-0.4, -0.2) is 36.9 Å². The van der Waals surface area contributed by atoms with Crippen LogP contribution in [0.2, 0.25) is 0 Å². The summed E-state index contributed by atoms with van der Waals surface area (Å²) in [5.74, 6) is -0.910. The highest BCUT2D eigenvalue weighted by atomic mass is 16.5. The number of carbonyl (C=O) groups excluding carboxylic acids is 3. The summed E-state index contributed by atoms with van der Waals surface area (Å²) < 4.78 is 4.75. The van der Waals surface area contributed by atoms with Gasteiger partial charge in [0.05, 0.1) is 13.0 Å². The predicted octanol–water partition coefficient (Wildman–Crippen LogP) is 2.81.